The van der Waals surface area contributed by atoms with Crippen LogP contribution in [0.3, 0.4) is 0 Å². The molecule has 1 rings (SSSR count). The van der Waals surface area contributed by atoms with E-state index in [1.165, 1.54) is 16.7 Å². The van der Waals surface area contributed by atoms with E-state index in [0.29, 0.717) is 0 Å². The summed E-state index contributed by atoms with van der Waals surface area (Å²) in [5.41, 5.74) is 4.13. The van der Waals surface area contributed by atoms with Crippen LogP contribution >= 0.6 is 0 Å². The highest BCUT2D eigenvalue weighted by Crippen LogP contribution is 2.11. The van der Waals surface area contributed by atoms with Crippen molar-refractivity contribution >= 4 is 0 Å². The fraction of sp³-hybridized carbons (Fsp3) is 0.333. The lowest BCUT2D eigenvalue weighted by atomic mass is 10.0. The van der Waals surface area contributed by atoms with Crippen molar-refractivity contribution in [3.63, 3.8) is 0 Å². The van der Waals surface area contributed by atoms with Crippen molar-refractivity contribution in [2.75, 3.05) is 0 Å². The lowest BCUT2D eigenvalue weighted by Crippen LogP contribution is -2.04. The maximum Gasteiger partial charge on any atom is 0.0395 e. The predicted octanol–water partition coefficient (Wildman–Crippen LogP) is 2.79. The molecular formula is C12H17N. The third-order valence-electron chi connectivity index (χ3n) is 2.24. The molecule has 13 heavy (non-hydrogen) atoms. The molecule has 0 spiro atoms. The van der Waals surface area contributed by atoms with Gasteiger partial charge in [0.05, 0.1) is 0 Å². The summed E-state index contributed by atoms with van der Waals surface area (Å²) in [4.78, 5) is 0. The molecule has 0 heterocycles. The van der Waals surface area contributed by atoms with Gasteiger partial charge in [0.15, 0.2) is 0 Å². The molecule has 0 saturated heterocycles. The molecule has 1 N–H and O–H groups in total. The molecule has 0 bridgehead atoms. The Bertz CT molecular complexity index is 289. The van der Waals surface area contributed by atoms with Crippen LogP contribution in [-0.2, 0) is 13.0 Å². The van der Waals surface area contributed by atoms with Crippen molar-refractivity contribution in [2.45, 2.75) is 26.8 Å². The molecule has 0 aliphatic rings. The lowest BCUT2D eigenvalue weighted by Gasteiger charge is -2.06. The summed E-state index contributed by atoms with van der Waals surface area (Å²) in [7, 11) is 0. The summed E-state index contributed by atoms with van der Waals surface area (Å²) in [6, 6.07) is 6.59. The van der Waals surface area contributed by atoms with Gasteiger partial charge in [-0.3, -0.25) is 0 Å². The molecule has 1 heteroatoms. The minimum atomic E-state index is 0.872. The van der Waals surface area contributed by atoms with Gasteiger partial charge in [-0.1, -0.05) is 31.7 Å². The Morgan fingerprint density at radius 3 is 2.85 bits per heavy atom. The average Bonchev–Trinajstić information content (AvgIpc) is 2.16. The van der Waals surface area contributed by atoms with Crippen LogP contribution in [0.4, 0.5) is 0 Å². The van der Waals surface area contributed by atoms with Gasteiger partial charge in [0, 0.05) is 6.54 Å². The van der Waals surface area contributed by atoms with Crippen LogP contribution in [0.5, 0.6) is 0 Å². The second-order valence-electron chi connectivity index (χ2n) is 3.20. The van der Waals surface area contributed by atoms with Crippen molar-refractivity contribution in [3.05, 3.63) is 47.7 Å². The minimum absolute atomic E-state index is 0.872. The van der Waals surface area contributed by atoms with E-state index in [4.69, 9.17) is 0 Å². The second-order valence-corrected chi connectivity index (χ2v) is 3.20. The van der Waals surface area contributed by atoms with Gasteiger partial charge in [-0.2, -0.15) is 0 Å². The normalized spacial score (nSPS) is 9.69. The molecule has 1 nitrogen and oxygen atoms in total. The molecule has 0 unspecified atom stereocenters. The molecule has 0 aliphatic carbocycles. The van der Waals surface area contributed by atoms with Crippen LogP contribution in [0.1, 0.15) is 23.6 Å². The third kappa shape index (κ3) is 2.62. The van der Waals surface area contributed by atoms with Gasteiger partial charge in [0.2, 0.25) is 0 Å². The Hall–Kier alpha value is -1.24. The first kappa shape index (κ1) is 9.85. The Morgan fingerprint density at radius 2 is 2.23 bits per heavy atom. The Morgan fingerprint density at radius 1 is 1.46 bits per heavy atom. The molecule has 1 aromatic rings. The van der Waals surface area contributed by atoms with Gasteiger partial charge < -0.3 is 5.32 Å². The van der Waals surface area contributed by atoms with Gasteiger partial charge in [0.1, 0.15) is 0 Å². The zero-order valence-electron chi connectivity index (χ0n) is 8.43. The van der Waals surface area contributed by atoms with Gasteiger partial charge in [0.25, 0.3) is 0 Å². The summed E-state index contributed by atoms with van der Waals surface area (Å²) in [6.07, 6.45) is 2.83. The molecule has 0 atom stereocenters. The summed E-state index contributed by atoms with van der Waals surface area (Å²) < 4.78 is 0. The largest absolute Gasteiger partial charge is 0.387 e. The van der Waals surface area contributed by atoms with Crippen LogP contribution in [-0.4, -0.2) is 0 Å². The van der Waals surface area contributed by atoms with Crippen molar-refractivity contribution in [2.24, 2.45) is 0 Å². The quantitative estimate of drug-likeness (QED) is 0.742. The summed E-state index contributed by atoms with van der Waals surface area (Å²) >= 11 is 0. The van der Waals surface area contributed by atoms with Gasteiger partial charge in [-0.05, 0) is 36.2 Å². The van der Waals surface area contributed by atoms with Crippen LogP contribution in [0, 0.1) is 6.92 Å². The number of benzene rings is 1. The zero-order valence-corrected chi connectivity index (χ0v) is 8.43. The predicted molar refractivity (Wildman–Crippen MR) is 57.6 cm³/mol. The fourth-order valence-corrected chi connectivity index (χ4v) is 1.41. The van der Waals surface area contributed by atoms with E-state index in [-0.39, 0.29) is 0 Å². The smallest absolute Gasteiger partial charge is 0.0395 e. The van der Waals surface area contributed by atoms with E-state index in [0.717, 1.165) is 13.0 Å². The summed E-state index contributed by atoms with van der Waals surface area (Å²) in [5, 5.41) is 3.10. The summed E-state index contributed by atoms with van der Waals surface area (Å²) in [5.74, 6) is 0. The Kier molecular flexibility index (Phi) is 3.56. The highest BCUT2D eigenvalue weighted by molar-refractivity contribution is 5.31. The fourth-order valence-electron chi connectivity index (χ4n) is 1.41. The lowest BCUT2D eigenvalue weighted by molar-refractivity contribution is 0.868. The number of hydrogen-bond acceptors (Lipinski definition) is 1. The van der Waals surface area contributed by atoms with Crippen molar-refractivity contribution in [3.8, 4) is 0 Å². The van der Waals surface area contributed by atoms with Crippen molar-refractivity contribution in [1.82, 2.24) is 5.32 Å². The molecule has 0 amide bonds. The van der Waals surface area contributed by atoms with Gasteiger partial charge in [-0.15, -0.1) is 0 Å². The number of aryl methyl sites for hydroxylation is 2. The maximum atomic E-state index is 3.62. The number of rotatable bonds is 4. The van der Waals surface area contributed by atoms with E-state index >= 15 is 0 Å². The van der Waals surface area contributed by atoms with Crippen LogP contribution < -0.4 is 5.32 Å². The van der Waals surface area contributed by atoms with Crippen LogP contribution in [0.25, 0.3) is 0 Å². The first-order chi connectivity index (χ1) is 6.27. The minimum Gasteiger partial charge on any atom is -0.387 e. The first-order valence-electron chi connectivity index (χ1n) is 4.70. The van der Waals surface area contributed by atoms with Gasteiger partial charge >= 0.3 is 0 Å². The molecule has 70 valence electrons. The highest BCUT2D eigenvalue weighted by atomic mass is 14.8. The first-order valence-corrected chi connectivity index (χ1v) is 4.70. The van der Waals surface area contributed by atoms with E-state index in [1.807, 2.05) is 0 Å². The topological polar surface area (TPSA) is 12.0 Å². The number of hydrogen-bond donors (Lipinski definition) is 1. The molecule has 1 aromatic carbocycles. The van der Waals surface area contributed by atoms with E-state index in [9.17, 15) is 0 Å². The van der Waals surface area contributed by atoms with Crippen LogP contribution in [0.2, 0.25) is 0 Å². The standard InChI is InChI=1S/C12H17N/c1-4-12-8-11(9-13-5-2)7-6-10(12)3/h5-8,13H,2,4,9H2,1,3H3. The molecule has 0 aliphatic heterocycles. The summed E-state index contributed by atoms with van der Waals surface area (Å²) in [6.45, 7) is 8.84. The van der Waals surface area contributed by atoms with Crippen molar-refractivity contribution < 1.29 is 0 Å². The SMILES string of the molecule is C=CNCc1ccc(C)c(CC)c1. The molecule has 0 aromatic heterocycles. The maximum absolute atomic E-state index is 3.62. The highest BCUT2D eigenvalue weighted by Gasteiger charge is 1.97. The molecule has 0 saturated carbocycles. The van der Waals surface area contributed by atoms with E-state index < -0.39 is 0 Å². The van der Waals surface area contributed by atoms with E-state index in [2.05, 4.69) is 43.9 Å². The Balaban J connectivity index is 2.79. The zero-order chi connectivity index (χ0) is 9.68. The van der Waals surface area contributed by atoms with Gasteiger partial charge in [-0.25, -0.2) is 0 Å². The van der Waals surface area contributed by atoms with E-state index in [1.54, 1.807) is 6.20 Å². The Labute approximate surface area is 80.5 Å². The number of nitrogens with one attached hydrogen (secondary N) is 1. The molecule has 0 radical (unpaired) electrons. The van der Waals surface area contributed by atoms with Crippen molar-refractivity contribution in [1.29, 1.82) is 0 Å². The monoisotopic (exact) mass is 175 g/mol. The average molecular weight is 175 g/mol. The second kappa shape index (κ2) is 4.70. The third-order valence-corrected chi connectivity index (χ3v) is 2.24. The van der Waals surface area contributed by atoms with Crippen LogP contribution in [0.15, 0.2) is 31.0 Å². The molecule has 0 fully saturated rings. The molecular weight excluding hydrogens is 158 g/mol.